The summed E-state index contributed by atoms with van der Waals surface area (Å²) in [6.45, 7) is 0. The molecule has 0 saturated heterocycles. The van der Waals surface area contributed by atoms with Gasteiger partial charge in [-0.1, -0.05) is 0 Å². The Morgan fingerprint density at radius 2 is 1.25 bits per heavy atom. The van der Waals surface area contributed by atoms with E-state index in [0.29, 0.717) is 0 Å². The third-order valence-electron chi connectivity index (χ3n) is 2.13. The molecular formula is C12H10AsN3. The summed E-state index contributed by atoms with van der Waals surface area (Å²) in [5, 5.41) is 0. The maximum atomic E-state index is 8.65. The fourth-order valence-electron chi connectivity index (χ4n) is 1.43. The summed E-state index contributed by atoms with van der Waals surface area (Å²) in [6, 6.07) is 20.0. The minimum absolute atomic E-state index is 1.15. The van der Waals surface area contributed by atoms with Gasteiger partial charge in [-0.15, -0.1) is 0 Å². The van der Waals surface area contributed by atoms with Crippen LogP contribution in [0.5, 0.6) is 0 Å². The topological polar surface area (TPSA) is 48.8 Å². The number of rotatable bonds is 3. The van der Waals surface area contributed by atoms with Crippen LogP contribution in [0.15, 0.2) is 64.7 Å². The number of azide groups is 1. The molecule has 0 unspecified atom stereocenters. The SMILES string of the molecule is [N-]=[N+]=N[As](c1ccccc1)c1ccccc1. The van der Waals surface area contributed by atoms with E-state index in [-0.39, 0.29) is 0 Å². The zero-order chi connectivity index (χ0) is 11.2. The van der Waals surface area contributed by atoms with Crippen LogP contribution in [0.4, 0.5) is 0 Å². The molecule has 0 spiro atoms. The Morgan fingerprint density at radius 1 is 0.812 bits per heavy atom. The molecule has 2 rings (SSSR count). The zero-order valence-corrected chi connectivity index (χ0v) is 10.4. The first kappa shape index (κ1) is 10.8. The molecule has 0 amide bonds. The van der Waals surface area contributed by atoms with Crippen LogP contribution in [-0.4, -0.2) is 14.9 Å². The van der Waals surface area contributed by atoms with Gasteiger partial charge in [-0.05, 0) is 0 Å². The van der Waals surface area contributed by atoms with Crippen molar-refractivity contribution in [3.05, 3.63) is 71.1 Å². The van der Waals surface area contributed by atoms with Gasteiger partial charge in [0, 0.05) is 0 Å². The molecule has 0 bridgehead atoms. The van der Waals surface area contributed by atoms with Crippen LogP contribution in [0.3, 0.4) is 0 Å². The average Bonchev–Trinajstić information content (AvgIpc) is 2.38. The molecule has 4 heteroatoms. The summed E-state index contributed by atoms with van der Waals surface area (Å²) in [5.74, 6) is 0. The summed E-state index contributed by atoms with van der Waals surface area (Å²) in [6.07, 6.45) is 0. The van der Waals surface area contributed by atoms with Gasteiger partial charge in [-0.2, -0.15) is 0 Å². The van der Waals surface area contributed by atoms with Gasteiger partial charge in [0.1, 0.15) is 0 Å². The van der Waals surface area contributed by atoms with Gasteiger partial charge in [0.2, 0.25) is 0 Å². The Bertz CT molecular complexity index is 453. The molecule has 16 heavy (non-hydrogen) atoms. The van der Waals surface area contributed by atoms with Gasteiger partial charge < -0.3 is 0 Å². The third-order valence-corrected chi connectivity index (χ3v) is 5.98. The van der Waals surface area contributed by atoms with E-state index in [1.807, 2.05) is 60.7 Å². The Hall–Kier alpha value is -1.69. The first-order valence-corrected chi connectivity index (χ1v) is 7.58. The number of benzene rings is 2. The van der Waals surface area contributed by atoms with Crippen molar-refractivity contribution in [2.45, 2.75) is 0 Å². The van der Waals surface area contributed by atoms with Crippen molar-refractivity contribution in [1.82, 2.24) is 0 Å². The van der Waals surface area contributed by atoms with Gasteiger partial charge in [0.15, 0.2) is 0 Å². The molecule has 0 fully saturated rings. The first-order chi connectivity index (χ1) is 7.92. The molecular weight excluding hydrogens is 261 g/mol. The molecule has 0 aliphatic carbocycles. The van der Waals surface area contributed by atoms with Crippen molar-refractivity contribution < 1.29 is 0 Å². The molecule has 0 heterocycles. The quantitative estimate of drug-likeness (QED) is 0.355. The molecule has 0 aliphatic heterocycles. The second kappa shape index (κ2) is 5.41. The third kappa shape index (κ3) is 2.46. The van der Waals surface area contributed by atoms with E-state index >= 15 is 0 Å². The van der Waals surface area contributed by atoms with Gasteiger partial charge in [-0.25, -0.2) is 0 Å². The summed E-state index contributed by atoms with van der Waals surface area (Å²) in [7, 11) is 0. The van der Waals surface area contributed by atoms with Crippen LogP contribution >= 0.6 is 0 Å². The van der Waals surface area contributed by atoms with E-state index < -0.39 is 14.9 Å². The second-order valence-corrected chi connectivity index (χ2v) is 7.01. The van der Waals surface area contributed by atoms with Crippen molar-refractivity contribution >= 4 is 23.6 Å². The number of hydrogen-bond donors (Lipinski definition) is 0. The molecule has 0 atom stereocenters. The van der Waals surface area contributed by atoms with Gasteiger partial charge in [-0.3, -0.25) is 0 Å². The Morgan fingerprint density at radius 3 is 1.62 bits per heavy atom. The summed E-state index contributed by atoms with van der Waals surface area (Å²) in [5.41, 5.74) is 8.65. The van der Waals surface area contributed by atoms with Crippen LogP contribution in [0.25, 0.3) is 10.4 Å². The Balaban J connectivity index is 2.43. The van der Waals surface area contributed by atoms with E-state index in [4.69, 9.17) is 5.53 Å². The molecule has 2 aromatic carbocycles. The van der Waals surface area contributed by atoms with E-state index in [1.54, 1.807) is 0 Å². The van der Waals surface area contributed by atoms with Crippen LogP contribution in [0.2, 0.25) is 0 Å². The van der Waals surface area contributed by atoms with Crippen molar-refractivity contribution in [2.75, 3.05) is 0 Å². The van der Waals surface area contributed by atoms with Crippen molar-refractivity contribution in [2.24, 2.45) is 4.03 Å². The molecule has 2 aromatic rings. The van der Waals surface area contributed by atoms with Crippen molar-refractivity contribution in [3.63, 3.8) is 0 Å². The van der Waals surface area contributed by atoms with Crippen LogP contribution in [0.1, 0.15) is 0 Å². The fourth-order valence-corrected chi connectivity index (χ4v) is 4.56. The van der Waals surface area contributed by atoms with Gasteiger partial charge >= 0.3 is 98.7 Å². The normalized spacial score (nSPS) is 9.81. The predicted octanol–water partition coefficient (Wildman–Crippen LogP) is 2.10. The van der Waals surface area contributed by atoms with E-state index in [1.165, 1.54) is 0 Å². The monoisotopic (exact) mass is 271 g/mol. The average molecular weight is 271 g/mol. The number of hydrogen-bond acceptors (Lipinski definition) is 1. The fraction of sp³-hybridized carbons (Fsp3) is 0. The molecule has 78 valence electrons. The standard InChI is InChI=1S/C12H10AsN3/c14-16-15-13(11-7-3-1-4-8-11)12-9-5-2-6-10-12/h1-10H. The number of nitrogens with zero attached hydrogens (tertiary/aromatic N) is 3. The van der Waals surface area contributed by atoms with Crippen LogP contribution < -0.4 is 8.70 Å². The van der Waals surface area contributed by atoms with E-state index in [0.717, 1.165) is 8.70 Å². The molecule has 0 radical (unpaired) electrons. The molecule has 0 aliphatic rings. The summed E-state index contributed by atoms with van der Waals surface area (Å²) >= 11 is -1.82. The zero-order valence-electron chi connectivity index (χ0n) is 8.56. The summed E-state index contributed by atoms with van der Waals surface area (Å²) < 4.78 is 6.29. The first-order valence-electron chi connectivity index (χ1n) is 4.87. The maximum absolute atomic E-state index is 8.65. The van der Waals surface area contributed by atoms with Crippen LogP contribution in [-0.2, 0) is 0 Å². The Labute approximate surface area is 98.9 Å². The summed E-state index contributed by atoms with van der Waals surface area (Å²) in [4.78, 5) is 2.98. The van der Waals surface area contributed by atoms with Crippen molar-refractivity contribution in [3.8, 4) is 0 Å². The van der Waals surface area contributed by atoms with Crippen LogP contribution in [0, 0.1) is 0 Å². The van der Waals surface area contributed by atoms with Crippen molar-refractivity contribution in [1.29, 1.82) is 0 Å². The molecule has 0 N–H and O–H groups in total. The predicted molar refractivity (Wildman–Crippen MR) is 67.1 cm³/mol. The Kier molecular flexibility index (Phi) is 3.66. The molecule has 0 aromatic heterocycles. The minimum atomic E-state index is -1.82. The van der Waals surface area contributed by atoms with E-state index in [9.17, 15) is 0 Å². The van der Waals surface area contributed by atoms with Gasteiger partial charge in [0.25, 0.3) is 0 Å². The second-order valence-electron chi connectivity index (χ2n) is 3.16. The van der Waals surface area contributed by atoms with Gasteiger partial charge in [0.05, 0.1) is 0 Å². The molecule has 0 saturated carbocycles. The molecule has 3 nitrogen and oxygen atoms in total. The van der Waals surface area contributed by atoms with E-state index in [2.05, 4.69) is 8.94 Å².